The van der Waals surface area contributed by atoms with Crippen LogP contribution >= 0.6 is 15.9 Å². The van der Waals surface area contributed by atoms with E-state index in [1.165, 1.54) is 0 Å². The summed E-state index contributed by atoms with van der Waals surface area (Å²) in [5.74, 6) is 0. The Kier molecular flexibility index (Phi) is 4.09. The molecule has 0 N–H and O–H groups in total. The van der Waals surface area contributed by atoms with Crippen molar-refractivity contribution in [1.29, 1.82) is 0 Å². The predicted molar refractivity (Wildman–Crippen MR) is 104 cm³/mol. The van der Waals surface area contributed by atoms with Gasteiger partial charge in [0.15, 0.2) is 0 Å². The lowest BCUT2D eigenvalue weighted by Crippen LogP contribution is -2.25. The first kappa shape index (κ1) is 15.0. The molecule has 0 saturated carbocycles. The van der Waals surface area contributed by atoms with Crippen molar-refractivity contribution in [3.05, 3.63) is 96.1 Å². The summed E-state index contributed by atoms with van der Waals surface area (Å²) in [4.78, 5) is 9.77. The van der Waals surface area contributed by atoms with Crippen molar-refractivity contribution in [2.75, 3.05) is 0 Å². The smallest absolute Gasteiger partial charge is 0.100 e. The lowest BCUT2D eigenvalue weighted by molar-refractivity contribution is 1.45. The maximum Gasteiger partial charge on any atom is 0.100 e. The Bertz CT molecular complexity index is 838. The van der Waals surface area contributed by atoms with Gasteiger partial charge in [0.05, 0.1) is 22.8 Å². The second kappa shape index (κ2) is 6.54. The van der Waals surface area contributed by atoms with Crippen molar-refractivity contribution in [1.82, 2.24) is 0 Å². The highest BCUT2D eigenvalue weighted by molar-refractivity contribution is 9.10. The minimum absolute atomic E-state index is 0.0744. The number of halogens is 1. The topological polar surface area (TPSA) is 24.7 Å². The van der Waals surface area contributed by atoms with Crippen LogP contribution in [0.4, 0.5) is 11.4 Å². The van der Waals surface area contributed by atoms with Gasteiger partial charge in [-0.05, 0) is 23.3 Å². The third-order valence-corrected chi connectivity index (χ3v) is 4.85. The summed E-state index contributed by atoms with van der Waals surface area (Å²) in [5.41, 5.74) is 5.93. The summed E-state index contributed by atoms with van der Waals surface area (Å²) in [6.07, 6.45) is 0. The molecular formula is C21H15BrN2. The van der Waals surface area contributed by atoms with Gasteiger partial charge in [-0.2, -0.15) is 0 Å². The van der Waals surface area contributed by atoms with Gasteiger partial charge in [-0.1, -0.05) is 88.7 Å². The summed E-state index contributed by atoms with van der Waals surface area (Å²) < 4.78 is 0. The molecule has 0 aliphatic carbocycles. The third kappa shape index (κ3) is 2.83. The van der Waals surface area contributed by atoms with E-state index < -0.39 is 0 Å². The van der Waals surface area contributed by atoms with E-state index in [9.17, 15) is 0 Å². The van der Waals surface area contributed by atoms with Gasteiger partial charge >= 0.3 is 0 Å². The zero-order valence-corrected chi connectivity index (χ0v) is 14.5. The molecule has 3 aromatic carbocycles. The number of rotatable bonds is 2. The summed E-state index contributed by atoms with van der Waals surface area (Å²) in [5, 5.41) is 0. The van der Waals surface area contributed by atoms with Gasteiger partial charge in [-0.25, -0.2) is 9.98 Å². The summed E-state index contributed by atoms with van der Waals surface area (Å²) in [6.45, 7) is 0. The van der Waals surface area contributed by atoms with Gasteiger partial charge in [0.25, 0.3) is 0 Å². The van der Waals surface area contributed by atoms with Crippen molar-refractivity contribution in [3.8, 4) is 0 Å². The number of fused-ring (bicyclic) bond motifs is 1. The fraction of sp³-hybridized carbons (Fsp3) is 0.0476. The SMILES string of the molecule is BrC1C(c2ccccc2)=Nc2ccccc2N=C1c1ccccc1. The van der Waals surface area contributed by atoms with E-state index in [1.54, 1.807) is 0 Å². The minimum atomic E-state index is -0.0744. The molecule has 1 aliphatic rings. The average molecular weight is 375 g/mol. The number of aliphatic imine (C=N–C) groups is 2. The van der Waals surface area contributed by atoms with Gasteiger partial charge in [-0.15, -0.1) is 0 Å². The Morgan fingerprint density at radius 1 is 0.542 bits per heavy atom. The molecule has 1 aliphatic heterocycles. The van der Waals surface area contributed by atoms with Crippen molar-refractivity contribution >= 4 is 38.7 Å². The van der Waals surface area contributed by atoms with E-state index in [0.29, 0.717) is 0 Å². The van der Waals surface area contributed by atoms with Crippen molar-refractivity contribution < 1.29 is 0 Å². The normalized spacial score (nSPS) is 14.4. The van der Waals surface area contributed by atoms with Gasteiger partial charge < -0.3 is 0 Å². The molecule has 0 spiro atoms. The largest absolute Gasteiger partial charge is 0.249 e. The first-order valence-corrected chi connectivity index (χ1v) is 8.75. The Morgan fingerprint density at radius 3 is 1.33 bits per heavy atom. The molecule has 0 radical (unpaired) electrons. The monoisotopic (exact) mass is 374 g/mol. The van der Waals surface area contributed by atoms with E-state index in [0.717, 1.165) is 33.9 Å². The van der Waals surface area contributed by atoms with Crippen LogP contribution in [0, 0.1) is 0 Å². The maximum atomic E-state index is 4.92. The van der Waals surface area contributed by atoms with E-state index >= 15 is 0 Å². The fourth-order valence-electron chi connectivity index (χ4n) is 2.80. The molecule has 0 amide bonds. The lowest BCUT2D eigenvalue weighted by Gasteiger charge is -2.15. The van der Waals surface area contributed by atoms with Crippen LogP contribution in [-0.4, -0.2) is 16.3 Å². The Morgan fingerprint density at radius 2 is 0.917 bits per heavy atom. The van der Waals surface area contributed by atoms with E-state index in [-0.39, 0.29) is 4.83 Å². The maximum absolute atomic E-state index is 4.92. The molecule has 116 valence electrons. The zero-order valence-electron chi connectivity index (χ0n) is 12.9. The van der Waals surface area contributed by atoms with E-state index in [2.05, 4.69) is 40.2 Å². The first-order chi connectivity index (χ1) is 11.8. The summed E-state index contributed by atoms with van der Waals surface area (Å²) >= 11 is 3.84. The average Bonchev–Trinajstić information content (AvgIpc) is 2.80. The first-order valence-electron chi connectivity index (χ1n) is 7.84. The molecule has 3 heteroatoms. The van der Waals surface area contributed by atoms with Crippen LogP contribution in [-0.2, 0) is 0 Å². The highest BCUT2D eigenvalue weighted by atomic mass is 79.9. The van der Waals surface area contributed by atoms with E-state index in [4.69, 9.17) is 9.98 Å². The summed E-state index contributed by atoms with van der Waals surface area (Å²) in [6, 6.07) is 28.5. The zero-order chi connectivity index (χ0) is 16.4. The van der Waals surface area contributed by atoms with Crippen molar-refractivity contribution in [2.45, 2.75) is 4.83 Å². The highest BCUT2D eigenvalue weighted by Gasteiger charge is 2.25. The number of para-hydroxylation sites is 2. The van der Waals surface area contributed by atoms with Gasteiger partial charge in [0.2, 0.25) is 0 Å². The lowest BCUT2D eigenvalue weighted by atomic mass is 10.00. The molecule has 2 nitrogen and oxygen atoms in total. The molecule has 0 saturated heterocycles. The second-order valence-corrected chi connectivity index (χ2v) is 6.49. The van der Waals surface area contributed by atoms with Gasteiger partial charge in [0, 0.05) is 0 Å². The predicted octanol–water partition coefficient (Wildman–Crippen LogP) is 5.71. The van der Waals surface area contributed by atoms with Crippen LogP contribution < -0.4 is 0 Å². The van der Waals surface area contributed by atoms with Crippen LogP contribution in [0.15, 0.2) is 94.9 Å². The molecule has 3 aromatic rings. The molecule has 0 aromatic heterocycles. The van der Waals surface area contributed by atoms with Crippen LogP contribution in [0.5, 0.6) is 0 Å². The third-order valence-electron chi connectivity index (χ3n) is 3.98. The number of nitrogens with zero attached hydrogens (tertiary/aromatic N) is 2. The van der Waals surface area contributed by atoms with Crippen LogP contribution in [0.3, 0.4) is 0 Å². The molecule has 0 fully saturated rings. The molecule has 0 unspecified atom stereocenters. The van der Waals surface area contributed by atoms with Crippen molar-refractivity contribution in [2.24, 2.45) is 9.98 Å². The van der Waals surface area contributed by atoms with E-state index in [1.807, 2.05) is 60.7 Å². The molecule has 0 bridgehead atoms. The van der Waals surface area contributed by atoms with Gasteiger partial charge in [0.1, 0.15) is 4.83 Å². The fourth-order valence-corrected chi connectivity index (χ4v) is 3.53. The number of benzene rings is 3. The molecule has 4 rings (SSSR count). The highest BCUT2D eigenvalue weighted by Crippen LogP contribution is 2.34. The van der Waals surface area contributed by atoms with Crippen LogP contribution in [0.25, 0.3) is 0 Å². The van der Waals surface area contributed by atoms with Gasteiger partial charge in [-0.3, -0.25) is 0 Å². The number of hydrogen-bond acceptors (Lipinski definition) is 2. The van der Waals surface area contributed by atoms with Crippen LogP contribution in [0.1, 0.15) is 11.1 Å². The molecule has 1 heterocycles. The Balaban J connectivity index is 1.94. The summed E-state index contributed by atoms with van der Waals surface area (Å²) in [7, 11) is 0. The molecular weight excluding hydrogens is 360 g/mol. The van der Waals surface area contributed by atoms with Crippen molar-refractivity contribution in [3.63, 3.8) is 0 Å². The number of alkyl halides is 1. The minimum Gasteiger partial charge on any atom is -0.249 e. The quantitative estimate of drug-likeness (QED) is 0.513. The molecule has 0 atom stereocenters. The second-order valence-electron chi connectivity index (χ2n) is 5.58. The Hall–Kier alpha value is -2.52. The molecule has 24 heavy (non-hydrogen) atoms. The standard InChI is InChI=1S/C21H15BrN2/c22-19-20(15-9-3-1-4-10-15)23-17-13-7-8-14-18(17)24-21(19)16-11-5-2-6-12-16/h1-14,19H. The van der Waals surface area contributed by atoms with Crippen LogP contribution in [0.2, 0.25) is 0 Å². The Labute approximate surface area is 149 Å². The number of hydrogen-bond donors (Lipinski definition) is 0.